The molecule has 3 N–H and O–H groups in total. The average Bonchev–Trinajstić information content (AvgIpc) is 3.29. The monoisotopic (exact) mass is 427 g/mol. The molecule has 1 atom stereocenters. The number of anilines is 2. The molecule has 1 aliphatic rings. The second-order valence-corrected chi connectivity index (χ2v) is 7.20. The van der Waals surface area contributed by atoms with Gasteiger partial charge in [0.25, 0.3) is 5.91 Å². The van der Waals surface area contributed by atoms with Crippen LogP contribution < -0.4 is 26.7 Å². The number of rotatable bonds is 4. The maximum absolute atomic E-state index is 13.4. The van der Waals surface area contributed by atoms with Crippen LogP contribution in [0.25, 0.3) is 5.82 Å². The highest BCUT2D eigenvalue weighted by Crippen LogP contribution is 2.32. The Morgan fingerprint density at radius 3 is 2.69 bits per heavy atom. The highest BCUT2D eigenvalue weighted by Gasteiger charge is 2.27. The Morgan fingerprint density at radius 2 is 1.94 bits per heavy atom. The first-order valence-electron chi connectivity index (χ1n) is 9.87. The second kappa shape index (κ2) is 7.99. The Kier molecular flexibility index (Phi) is 4.87. The number of carbonyl (C=O) groups is 1. The van der Waals surface area contributed by atoms with Gasteiger partial charge < -0.3 is 20.4 Å². The summed E-state index contributed by atoms with van der Waals surface area (Å²) in [7, 11) is 0. The highest BCUT2D eigenvalue weighted by atomic mass is 19.1. The third-order valence-electron chi connectivity index (χ3n) is 5.14. The number of hydrogen-bond donors (Lipinski definition) is 2. The molecule has 0 fully saturated rings. The van der Waals surface area contributed by atoms with E-state index in [2.05, 4.69) is 10.3 Å². The first kappa shape index (κ1) is 19.5. The van der Waals surface area contributed by atoms with Crippen molar-refractivity contribution >= 4 is 23.1 Å². The maximum atomic E-state index is 13.4. The summed E-state index contributed by atoms with van der Waals surface area (Å²) in [6.45, 7) is 0. The molecule has 158 valence electrons. The summed E-state index contributed by atoms with van der Waals surface area (Å²) >= 11 is 0. The molecular weight excluding hydrogens is 409 g/mol. The fraction of sp³-hybridized carbons (Fsp3) is 0.0417. The number of carbonyl (C=O) groups excluding carboxylic acids is 1. The van der Waals surface area contributed by atoms with Crippen LogP contribution in [0.4, 0.5) is 15.8 Å². The fourth-order valence-electron chi connectivity index (χ4n) is 3.60. The number of halogens is 1. The van der Waals surface area contributed by atoms with Gasteiger partial charge in [0.2, 0.25) is 5.55 Å². The summed E-state index contributed by atoms with van der Waals surface area (Å²) in [4.78, 5) is 23.2. The van der Waals surface area contributed by atoms with Gasteiger partial charge in [-0.25, -0.2) is 9.38 Å². The number of benzene rings is 2. The predicted molar refractivity (Wildman–Crippen MR) is 117 cm³/mol. The Labute approximate surface area is 182 Å². The van der Waals surface area contributed by atoms with Crippen LogP contribution in [0, 0.1) is 5.82 Å². The van der Waals surface area contributed by atoms with Crippen molar-refractivity contribution < 1.29 is 13.6 Å². The van der Waals surface area contributed by atoms with Crippen molar-refractivity contribution in [1.29, 1.82) is 0 Å². The average molecular weight is 427 g/mol. The number of pyridine rings is 1. The molecule has 0 spiro atoms. The van der Waals surface area contributed by atoms with E-state index in [1.165, 1.54) is 18.2 Å². The van der Waals surface area contributed by atoms with Crippen molar-refractivity contribution in [1.82, 2.24) is 4.98 Å². The first-order chi connectivity index (χ1) is 15.6. The van der Waals surface area contributed by atoms with Crippen molar-refractivity contribution in [3.05, 3.63) is 113 Å². The van der Waals surface area contributed by atoms with Crippen LogP contribution in [-0.4, -0.2) is 10.9 Å². The van der Waals surface area contributed by atoms with E-state index in [4.69, 9.17) is 15.1 Å². The summed E-state index contributed by atoms with van der Waals surface area (Å²) in [5.41, 5.74) is 9.40. The number of nitrogens with one attached hydrogen (secondary N) is 1. The molecule has 7 nitrogen and oxygen atoms in total. The number of nitrogens with zero attached hydrogens (tertiary/aromatic N) is 3. The molecule has 8 heteroatoms. The molecule has 0 radical (unpaired) electrons. The van der Waals surface area contributed by atoms with Gasteiger partial charge in [-0.2, -0.15) is 0 Å². The second-order valence-electron chi connectivity index (χ2n) is 7.20. The van der Waals surface area contributed by atoms with Gasteiger partial charge in [0.15, 0.2) is 6.17 Å². The largest absolute Gasteiger partial charge is 0.446 e. The molecule has 5 rings (SSSR count). The zero-order chi connectivity index (χ0) is 22.1. The lowest BCUT2D eigenvalue weighted by Crippen LogP contribution is -2.43. The van der Waals surface area contributed by atoms with E-state index >= 15 is 0 Å². The minimum atomic E-state index is -0.465. The summed E-state index contributed by atoms with van der Waals surface area (Å²) in [5, 5.41) is 3.47. The number of nitrogens with two attached hydrogens (primary N) is 1. The van der Waals surface area contributed by atoms with E-state index in [0.29, 0.717) is 22.3 Å². The minimum absolute atomic E-state index is 0.241. The molecule has 3 heterocycles. The molecule has 1 amide bonds. The molecule has 1 unspecified atom stereocenters. The predicted octanol–water partition coefficient (Wildman–Crippen LogP) is 2.93. The van der Waals surface area contributed by atoms with Crippen molar-refractivity contribution in [2.45, 2.75) is 6.17 Å². The minimum Gasteiger partial charge on any atom is -0.446 e. The van der Waals surface area contributed by atoms with Crippen LogP contribution in [0.5, 0.6) is 0 Å². The van der Waals surface area contributed by atoms with Crippen LogP contribution in [0.1, 0.15) is 22.1 Å². The molecule has 32 heavy (non-hydrogen) atoms. The van der Waals surface area contributed by atoms with Crippen molar-refractivity contribution in [2.24, 2.45) is 10.7 Å². The number of fused-ring (bicyclic) bond motifs is 1. The topological polar surface area (TPSA) is 96.8 Å². The molecule has 4 aromatic rings. The van der Waals surface area contributed by atoms with Crippen molar-refractivity contribution in [2.75, 3.05) is 10.2 Å². The lowest BCUT2D eigenvalue weighted by Gasteiger charge is -2.32. The van der Waals surface area contributed by atoms with E-state index in [-0.39, 0.29) is 5.56 Å². The van der Waals surface area contributed by atoms with Gasteiger partial charge >= 0.3 is 0 Å². The quantitative estimate of drug-likeness (QED) is 0.522. The first-order valence-corrected chi connectivity index (χ1v) is 9.87. The lowest BCUT2D eigenvalue weighted by atomic mass is 10.1. The standard InChI is InChI=1S/C24H18FN5O2/c25-17-5-1-3-15(13-17)23(31)28-18-6-8-19(9-7-18)30-21(26)20-10-12-32-24(20)29-22(30)16-4-2-11-27-14-16/h1-14,22H,26H2,(H,28,31). The van der Waals surface area contributed by atoms with Crippen LogP contribution in [-0.2, 0) is 0 Å². The highest BCUT2D eigenvalue weighted by molar-refractivity contribution is 6.04. The van der Waals surface area contributed by atoms with Gasteiger partial charge in [-0.15, -0.1) is 0 Å². The molecule has 0 bridgehead atoms. The Bertz CT molecular complexity index is 1400. The van der Waals surface area contributed by atoms with E-state index in [1.807, 2.05) is 29.2 Å². The van der Waals surface area contributed by atoms with Gasteiger partial charge in [-0.05, 0) is 54.6 Å². The third-order valence-corrected chi connectivity index (χ3v) is 5.14. The SMILES string of the molecule is NC1=c2ccoc2=NC(c2cccnc2)N1c1ccc(NC(=O)c2cccc(F)c2)cc1. The molecule has 0 aliphatic carbocycles. The fourth-order valence-corrected chi connectivity index (χ4v) is 3.60. The van der Waals surface area contributed by atoms with Gasteiger partial charge in [0.1, 0.15) is 11.6 Å². The van der Waals surface area contributed by atoms with Crippen LogP contribution in [0.2, 0.25) is 0 Å². The van der Waals surface area contributed by atoms with Gasteiger partial charge in [-0.3, -0.25) is 9.78 Å². The molecule has 0 saturated carbocycles. The Hall–Kier alpha value is -4.46. The van der Waals surface area contributed by atoms with Crippen LogP contribution in [0.15, 0.2) is 94.8 Å². The number of hydrogen-bond acceptors (Lipinski definition) is 6. The molecular formula is C24H18FN5O2. The number of furan rings is 1. The van der Waals surface area contributed by atoms with E-state index < -0.39 is 17.9 Å². The normalized spacial score (nSPS) is 15.1. The summed E-state index contributed by atoms with van der Waals surface area (Å²) in [6.07, 6.45) is 4.51. The zero-order valence-corrected chi connectivity index (χ0v) is 16.8. The maximum Gasteiger partial charge on any atom is 0.255 e. The lowest BCUT2D eigenvalue weighted by molar-refractivity contribution is 0.102. The number of amides is 1. The van der Waals surface area contributed by atoms with E-state index in [1.54, 1.807) is 42.9 Å². The molecule has 2 aromatic heterocycles. The van der Waals surface area contributed by atoms with Crippen molar-refractivity contribution in [3.8, 4) is 0 Å². The zero-order valence-electron chi connectivity index (χ0n) is 16.8. The molecule has 2 aromatic carbocycles. The number of aromatic nitrogens is 1. The van der Waals surface area contributed by atoms with E-state index in [9.17, 15) is 9.18 Å². The van der Waals surface area contributed by atoms with Crippen LogP contribution >= 0.6 is 0 Å². The Morgan fingerprint density at radius 1 is 1.09 bits per heavy atom. The van der Waals surface area contributed by atoms with Gasteiger partial charge in [-0.1, -0.05) is 12.1 Å². The molecule has 1 aliphatic heterocycles. The summed E-state index contributed by atoms with van der Waals surface area (Å²) in [6, 6.07) is 18.2. The van der Waals surface area contributed by atoms with Gasteiger partial charge in [0.05, 0.1) is 11.5 Å². The van der Waals surface area contributed by atoms with Crippen molar-refractivity contribution in [3.63, 3.8) is 0 Å². The molecule has 0 saturated heterocycles. The smallest absolute Gasteiger partial charge is 0.255 e. The summed E-state index contributed by atoms with van der Waals surface area (Å²) < 4.78 is 18.9. The third kappa shape index (κ3) is 3.58. The van der Waals surface area contributed by atoms with Gasteiger partial charge in [0, 0.05) is 34.9 Å². The van der Waals surface area contributed by atoms with Crippen LogP contribution in [0.3, 0.4) is 0 Å². The summed E-state index contributed by atoms with van der Waals surface area (Å²) in [5.74, 6) is -0.366. The Balaban J connectivity index is 1.47. The van der Waals surface area contributed by atoms with E-state index in [0.717, 1.165) is 11.3 Å².